The van der Waals surface area contributed by atoms with Crippen molar-refractivity contribution in [2.24, 2.45) is 0 Å². The first kappa shape index (κ1) is 46.9. The van der Waals surface area contributed by atoms with Gasteiger partial charge < -0.3 is 57.8 Å². The number of esters is 1. The van der Waals surface area contributed by atoms with E-state index in [1.165, 1.54) is 0 Å². The highest BCUT2D eigenvalue weighted by Crippen LogP contribution is 2.29. The lowest BCUT2D eigenvalue weighted by atomic mass is 10.2. The Morgan fingerprint density at radius 2 is 0.769 bits per heavy atom. The number of halogens is 5. The molecule has 1 aromatic carbocycles. The van der Waals surface area contributed by atoms with Crippen LogP contribution in [0.2, 0.25) is 0 Å². The van der Waals surface area contributed by atoms with Crippen molar-refractivity contribution < 1.29 is 88.8 Å². The first-order valence-corrected chi connectivity index (χ1v) is 16.5. The molecule has 1 amide bonds. The van der Waals surface area contributed by atoms with Crippen molar-refractivity contribution >= 4 is 17.8 Å². The van der Waals surface area contributed by atoms with Crippen LogP contribution in [0, 0.1) is 29.1 Å². The number of benzene rings is 1. The van der Waals surface area contributed by atoms with E-state index in [1.807, 2.05) is 0 Å². The predicted octanol–water partition coefficient (Wildman–Crippen LogP) is 2.20. The summed E-state index contributed by atoms with van der Waals surface area (Å²) >= 11 is 0. The zero-order valence-corrected chi connectivity index (χ0v) is 28.9. The first-order chi connectivity index (χ1) is 25.1. The van der Waals surface area contributed by atoms with E-state index in [0.29, 0.717) is 105 Å². The molecule has 0 aliphatic heterocycles. The van der Waals surface area contributed by atoms with Crippen LogP contribution in [0.3, 0.4) is 0 Å². The molecule has 20 heteroatoms. The number of amides is 1. The van der Waals surface area contributed by atoms with Crippen molar-refractivity contribution in [3.05, 3.63) is 29.1 Å². The molecule has 0 radical (unpaired) electrons. The molecular formula is C32H48F5NO14. The van der Waals surface area contributed by atoms with Gasteiger partial charge in [0.2, 0.25) is 40.7 Å². The van der Waals surface area contributed by atoms with E-state index in [4.69, 9.17) is 47.7 Å². The average Bonchev–Trinajstić information content (AvgIpc) is 3.13. The summed E-state index contributed by atoms with van der Waals surface area (Å²) in [5.74, 6) is -15.5. The minimum Gasteiger partial charge on any atom is -0.481 e. The minimum atomic E-state index is -2.35. The van der Waals surface area contributed by atoms with Gasteiger partial charge in [0, 0.05) is 19.6 Å². The number of hydrogen-bond donors (Lipinski definition) is 2. The Labute approximate surface area is 298 Å². The maximum absolute atomic E-state index is 13.5. The van der Waals surface area contributed by atoms with Gasteiger partial charge in [-0.2, -0.15) is 8.78 Å². The second-order valence-electron chi connectivity index (χ2n) is 10.2. The highest BCUT2D eigenvalue weighted by molar-refractivity contribution is 5.80. The number of carboxylic acid groups (broad SMARTS) is 1. The average molecular weight is 766 g/mol. The molecule has 0 spiro atoms. The van der Waals surface area contributed by atoms with E-state index >= 15 is 0 Å². The molecule has 0 saturated carbocycles. The highest BCUT2D eigenvalue weighted by Gasteiger charge is 2.28. The van der Waals surface area contributed by atoms with E-state index in [1.54, 1.807) is 0 Å². The van der Waals surface area contributed by atoms with Gasteiger partial charge in [-0.25, -0.2) is 13.2 Å². The number of carbonyl (C=O) groups is 3. The van der Waals surface area contributed by atoms with Crippen LogP contribution in [0.15, 0.2) is 0 Å². The summed E-state index contributed by atoms with van der Waals surface area (Å²) in [5.41, 5.74) is 0. The largest absolute Gasteiger partial charge is 0.481 e. The van der Waals surface area contributed by atoms with Crippen LogP contribution in [0.1, 0.15) is 25.7 Å². The molecule has 0 aromatic heterocycles. The van der Waals surface area contributed by atoms with Crippen molar-refractivity contribution in [3.63, 3.8) is 0 Å². The molecule has 0 saturated heterocycles. The Kier molecular flexibility index (Phi) is 28.4. The van der Waals surface area contributed by atoms with Crippen LogP contribution < -0.4 is 10.1 Å². The molecule has 0 bridgehead atoms. The summed E-state index contributed by atoms with van der Waals surface area (Å²) in [4.78, 5) is 33.4. The molecular weight excluding hydrogens is 717 g/mol. The molecule has 1 rings (SSSR count). The number of hydrogen-bond acceptors (Lipinski definition) is 13. The van der Waals surface area contributed by atoms with Gasteiger partial charge in [0.15, 0.2) is 0 Å². The van der Waals surface area contributed by atoms with Crippen molar-refractivity contribution in [2.75, 3.05) is 125 Å². The van der Waals surface area contributed by atoms with Crippen LogP contribution in [0.25, 0.3) is 0 Å². The fraction of sp³-hybridized carbons (Fsp3) is 0.719. The van der Waals surface area contributed by atoms with Gasteiger partial charge in [0.1, 0.15) is 0 Å². The molecule has 0 unspecified atom stereocenters. The Balaban J connectivity index is 1.75. The monoisotopic (exact) mass is 765 g/mol. The molecule has 0 aliphatic carbocycles. The summed E-state index contributed by atoms with van der Waals surface area (Å²) in [7, 11) is 0. The summed E-state index contributed by atoms with van der Waals surface area (Å²) in [6.45, 7) is 6.23. The van der Waals surface area contributed by atoms with Gasteiger partial charge in [0.05, 0.1) is 125 Å². The smallest absolute Gasteiger partial charge is 0.313 e. The maximum atomic E-state index is 13.5. The Morgan fingerprint density at radius 3 is 1.13 bits per heavy atom. The SMILES string of the molecule is O=C(O)CCC(=O)NCCCOCCOCCOCCOCCOCCOCCOCCOCCOCCC(=O)Oc1c(F)c(F)c(F)c(F)c1F. The number of aliphatic carboxylic acids is 1. The van der Waals surface area contributed by atoms with E-state index in [9.17, 15) is 36.3 Å². The normalized spacial score (nSPS) is 11.2. The Morgan fingerprint density at radius 1 is 0.442 bits per heavy atom. The lowest BCUT2D eigenvalue weighted by molar-refractivity contribution is -0.139. The summed E-state index contributed by atoms with van der Waals surface area (Å²) in [6, 6.07) is 0. The van der Waals surface area contributed by atoms with Crippen molar-refractivity contribution in [1.82, 2.24) is 5.32 Å². The third kappa shape index (κ3) is 24.2. The summed E-state index contributed by atoms with van der Waals surface area (Å²) in [5, 5.41) is 11.1. The fourth-order valence-corrected chi connectivity index (χ4v) is 3.57. The second kappa shape index (κ2) is 31.4. The number of ether oxygens (including phenoxy) is 10. The number of rotatable bonds is 35. The third-order valence-electron chi connectivity index (χ3n) is 6.17. The third-order valence-corrected chi connectivity index (χ3v) is 6.17. The van der Waals surface area contributed by atoms with Crippen molar-refractivity contribution in [3.8, 4) is 5.75 Å². The second-order valence-corrected chi connectivity index (χ2v) is 10.2. The van der Waals surface area contributed by atoms with Crippen molar-refractivity contribution in [1.29, 1.82) is 0 Å². The van der Waals surface area contributed by atoms with Gasteiger partial charge >= 0.3 is 11.9 Å². The van der Waals surface area contributed by atoms with Gasteiger partial charge in [-0.05, 0) is 6.42 Å². The van der Waals surface area contributed by atoms with E-state index < -0.39 is 53.2 Å². The van der Waals surface area contributed by atoms with Crippen molar-refractivity contribution in [2.45, 2.75) is 25.7 Å². The fourth-order valence-electron chi connectivity index (χ4n) is 3.57. The molecule has 0 aliphatic rings. The van der Waals surface area contributed by atoms with Crippen LogP contribution in [-0.2, 0) is 57.0 Å². The predicted molar refractivity (Wildman–Crippen MR) is 168 cm³/mol. The van der Waals surface area contributed by atoms with Crippen LogP contribution in [0.4, 0.5) is 22.0 Å². The zero-order chi connectivity index (χ0) is 38.2. The number of carboxylic acids is 1. The topological polar surface area (TPSA) is 176 Å². The Bertz CT molecular complexity index is 1110. The van der Waals surface area contributed by atoms with Gasteiger partial charge in [-0.15, -0.1) is 0 Å². The van der Waals surface area contributed by atoms with Crippen LogP contribution >= 0.6 is 0 Å². The van der Waals surface area contributed by atoms with Crippen LogP contribution in [-0.4, -0.2) is 148 Å². The van der Waals surface area contributed by atoms with Gasteiger partial charge in [0.25, 0.3) is 0 Å². The summed E-state index contributed by atoms with van der Waals surface area (Å²) in [6.07, 6.45) is -0.0944. The lowest BCUT2D eigenvalue weighted by Gasteiger charge is -2.09. The Hall–Kier alpha value is -3.08. The molecule has 300 valence electrons. The minimum absolute atomic E-state index is 0.0340. The molecule has 0 fully saturated rings. The molecule has 0 heterocycles. The standard InChI is InChI=1S/C32H48F5NO14/c33-27-28(34)30(36)32(31(37)29(27)35)52-26(42)4-7-44-9-11-46-13-15-48-17-19-50-21-23-51-22-20-49-18-16-47-14-12-45-10-8-43-6-1-5-38-24(39)2-3-25(40)41/h1-23H2,(H,38,39)(H,40,41). The highest BCUT2D eigenvalue weighted by atomic mass is 19.2. The molecule has 2 N–H and O–H groups in total. The number of nitrogens with one attached hydrogen (secondary N) is 1. The molecule has 1 aromatic rings. The first-order valence-electron chi connectivity index (χ1n) is 16.5. The molecule has 15 nitrogen and oxygen atoms in total. The molecule has 52 heavy (non-hydrogen) atoms. The number of carbonyl (C=O) groups excluding carboxylic acids is 2. The summed E-state index contributed by atoms with van der Waals surface area (Å²) < 4.78 is 119. The quantitative estimate of drug-likeness (QED) is 0.0257. The molecule has 0 atom stereocenters. The lowest BCUT2D eigenvalue weighted by Crippen LogP contribution is -2.25. The van der Waals surface area contributed by atoms with Gasteiger partial charge in [-0.1, -0.05) is 0 Å². The van der Waals surface area contributed by atoms with Crippen LogP contribution in [0.5, 0.6) is 5.75 Å². The maximum Gasteiger partial charge on any atom is 0.313 e. The van der Waals surface area contributed by atoms with E-state index in [-0.39, 0.29) is 45.2 Å². The zero-order valence-electron chi connectivity index (χ0n) is 28.9. The van der Waals surface area contributed by atoms with E-state index in [0.717, 1.165) is 0 Å². The van der Waals surface area contributed by atoms with E-state index in [2.05, 4.69) is 10.1 Å². The van der Waals surface area contributed by atoms with Gasteiger partial charge in [-0.3, -0.25) is 14.4 Å².